The fourth-order valence-electron chi connectivity index (χ4n) is 2.47. The van der Waals surface area contributed by atoms with Gasteiger partial charge in [0.25, 0.3) is 0 Å². The summed E-state index contributed by atoms with van der Waals surface area (Å²) in [5.41, 5.74) is 4.17. The molecule has 2 nitrogen and oxygen atoms in total. The highest BCUT2D eigenvalue weighted by Crippen LogP contribution is 2.17. The highest BCUT2D eigenvalue weighted by atomic mass is 31.1. The second-order valence-corrected chi connectivity index (χ2v) is 6.26. The van der Waals surface area contributed by atoms with E-state index in [2.05, 4.69) is 61.5 Å². The summed E-state index contributed by atoms with van der Waals surface area (Å²) in [6.45, 7) is 12.8. The molecule has 0 N–H and O–H groups in total. The molecule has 21 heavy (non-hydrogen) atoms. The molecule has 1 unspecified atom stereocenters. The van der Waals surface area contributed by atoms with Crippen LogP contribution in [0.4, 0.5) is 0 Å². The minimum atomic E-state index is 0.437. The summed E-state index contributed by atoms with van der Waals surface area (Å²) < 4.78 is 2.16. The van der Waals surface area contributed by atoms with E-state index in [-0.39, 0.29) is 0 Å². The quantitative estimate of drug-likeness (QED) is 0.743. The molecule has 0 aliphatic carbocycles. The minimum absolute atomic E-state index is 0.437. The van der Waals surface area contributed by atoms with E-state index in [0.29, 0.717) is 6.04 Å². The smallest absolute Gasteiger partial charge is 0.0521 e. The Bertz CT molecular complexity index is 544. The fourth-order valence-corrected chi connectivity index (χ4v) is 3.26. The van der Waals surface area contributed by atoms with Crippen LogP contribution in [0, 0.1) is 6.92 Å². The maximum Gasteiger partial charge on any atom is 0.0521 e. The van der Waals surface area contributed by atoms with Gasteiger partial charge in [0.1, 0.15) is 0 Å². The molecule has 1 atom stereocenters. The van der Waals surface area contributed by atoms with Crippen molar-refractivity contribution in [3.63, 3.8) is 0 Å². The molecule has 0 radical (unpaired) electrons. The summed E-state index contributed by atoms with van der Waals surface area (Å²) in [5, 5.41) is 5.98. The lowest BCUT2D eigenvalue weighted by atomic mass is 10.1. The van der Waals surface area contributed by atoms with Crippen molar-refractivity contribution in [1.82, 2.24) is 9.78 Å². The van der Waals surface area contributed by atoms with E-state index >= 15 is 0 Å². The van der Waals surface area contributed by atoms with Gasteiger partial charge in [-0.05, 0) is 56.7 Å². The molecule has 0 aliphatic heterocycles. The average Bonchev–Trinajstić information content (AvgIpc) is 2.88. The number of nitrogens with zero attached hydrogens (tertiary/aromatic N) is 2. The van der Waals surface area contributed by atoms with Gasteiger partial charge in [-0.3, -0.25) is 4.68 Å². The lowest BCUT2D eigenvalue weighted by Crippen LogP contribution is -2.11. The molecule has 0 spiro atoms. The molecule has 0 saturated heterocycles. The zero-order valence-corrected chi connectivity index (χ0v) is 15.3. The summed E-state index contributed by atoms with van der Waals surface area (Å²) >= 11 is 0. The van der Waals surface area contributed by atoms with Crippen LogP contribution >= 0.6 is 8.58 Å². The van der Waals surface area contributed by atoms with Gasteiger partial charge in [-0.25, -0.2) is 0 Å². The third kappa shape index (κ3) is 4.68. The Kier molecular flexibility index (Phi) is 7.67. The van der Waals surface area contributed by atoms with E-state index in [1.54, 1.807) is 0 Å². The van der Waals surface area contributed by atoms with E-state index in [0.717, 1.165) is 21.4 Å². The molecule has 0 amide bonds. The van der Waals surface area contributed by atoms with Crippen LogP contribution in [0.15, 0.2) is 30.5 Å². The van der Waals surface area contributed by atoms with Crippen molar-refractivity contribution in [2.24, 2.45) is 0 Å². The lowest BCUT2D eigenvalue weighted by molar-refractivity contribution is 0.507. The molecule has 2 rings (SSSR count). The van der Waals surface area contributed by atoms with Gasteiger partial charge in [0, 0.05) is 11.7 Å². The standard InChI is InChI=1S/C16H23N2P.C2H6/c1-12(2)18-15(13(3)11-17-18)10-9-14-7-5-6-8-16(14)19-4;1-2/h5-8,11-12,19H,9-10H2,1-4H3;1-2H3. The molecule has 0 aliphatic rings. The molecule has 3 heteroatoms. The van der Waals surface area contributed by atoms with Gasteiger partial charge in [-0.2, -0.15) is 5.10 Å². The van der Waals surface area contributed by atoms with Crippen LogP contribution in [0.5, 0.6) is 0 Å². The molecule has 0 fully saturated rings. The summed E-state index contributed by atoms with van der Waals surface area (Å²) in [6.07, 6.45) is 4.17. The number of aryl methyl sites for hydroxylation is 2. The maximum absolute atomic E-state index is 4.49. The first-order chi connectivity index (χ1) is 10.1. The Morgan fingerprint density at radius 3 is 2.43 bits per heavy atom. The van der Waals surface area contributed by atoms with E-state index in [1.165, 1.54) is 22.1 Å². The Morgan fingerprint density at radius 1 is 1.14 bits per heavy atom. The van der Waals surface area contributed by atoms with Crippen molar-refractivity contribution >= 4 is 13.9 Å². The Morgan fingerprint density at radius 2 is 1.81 bits per heavy atom. The normalized spacial score (nSPS) is 11.0. The number of hydrogen-bond acceptors (Lipinski definition) is 1. The van der Waals surface area contributed by atoms with Crippen LogP contribution in [0.3, 0.4) is 0 Å². The SMILES string of the molecule is CC.CPc1ccccc1CCc1c(C)cnn1C(C)C. The molecule has 0 bridgehead atoms. The third-order valence-electron chi connectivity index (χ3n) is 3.51. The van der Waals surface area contributed by atoms with Crippen molar-refractivity contribution in [3.8, 4) is 0 Å². The van der Waals surface area contributed by atoms with Gasteiger partial charge in [0.15, 0.2) is 0 Å². The van der Waals surface area contributed by atoms with Crippen molar-refractivity contribution in [2.45, 2.75) is 53.5 Å². The molecule has 1 aromatic heterocycles. The van der Waals surface area contributed by atoms with Crippen LogP contribution in [0.25, 0.3) is 0 Å². The number of benzene rings is 1. The van der Waals surface area contributed by atoms with E-state index in [9.17, 15) is 0 Å². The molecule has 0 saturated carbocycles. The Labute approximate surface area is 131 Å². The highest BCUT2D eigenvalue weighted by Gasteiger charge is 2.10. The maximum atomic E-state index is 4.49. The fraction of sp³-hybridized carbons (Fsp3) is 0.500. The van der Waals surface area contributed by atoms with Gasteiger partial charge in [-0.1, -0.05) is 46.7 Å². The van der Waals surface area contributed by atoms with Crippen molar-refractivity contribution in [1.29, 1.82) is 0 Å². The highest BCUT2D eigenvalue weighted by molar-refractivity contribution is 7.46. The van der Waals surface area contributed by atoms with Crippen LogP contribution in [-0.4, -0.2) is 16.4 Å². The van der Waals surface area contributed by atoms with Crippen molar-refractivity contribution in [3.05, 3.63) is 47.3 Å². The first kappa shape index (κ1) is 17.9. The zero-order chi connectivity index (χ0) is 15.8. The predicted octanol–water partition coefficient (Wildman–Crippen LogP) is 4.52. The summed E-state index contributed by atoms with van der Waals surface area (Å²) in [4.78, 5) is 0. The summed E-state index contributed by atoms with van der Waals surface area (Å²) in [5.74, 6) is 0. The van der Waals surface area contributed by atoms with Crippen LogP contribution < -0.4 is 5.30 Å². The average molecular weight is 304 g/mol. The largest absolute Gasteiger partial charge is 0.267 e. The van der Waals surface area contributed by atoms with E-state index in [4.69, 9.17) is 0 Å². The number of rotatable bonds is 5. The van der Waals surface area contributed by atoms with Gasteiger partial charge in [-0.15, -0.1) is 0 Å². The molecular formula is C18H29N2P. The first-order valence-corrected chi connectivity index (χ1v) is 9.42. The van der Waals surface area contributed by atoms with Crippen molar-refractivity contribution < 1.29 is 0 Å². The van der Waals surface area contributed by atoms with E-state index in [1.807, 2.05) is 20.0 Å². The molecular weight excluding hydrogens is 275 g/mol. The Hall–Kier alpha value is -1.14. The second kappa shape index (κ2) is 9.00. The Balaban J connectivity index is 0.00000106. The first-order valence-electron chi connectivity index (χ1n) is 7.92. The van der Waals surface area contributed by atoms with Gasteiger partial charge in [0.2, 0.25) is 0 Å². The summed E-state index contributed by atoms with van der Waals surface area (Å²) in [6, 6.07) is 9.23. The third-order valence-corrected chi connectivity index (χ3v) is 4.54. The molecule has 2 aromatic rings. The lowest BCUT2D eigenvalue weighted by Gasteiger charge is -2.13. The number of hydrogen-bond donors (Lipinski definition) is 0. The van der Waals surface area contributed by atoms with Gasteiger partial charge < -0.3 is 0 Å². The molecule has 116 valence electrons. The van der Waals surface area contributed by atoms with Crippen molar-refractivity contribution in [2.75, 3.05) is 6.66 Å². The molecule has 1 aromatic carbocycles. The second-order valence-electron chi connectivity index (χ2n) is 5.22. The predicted molar refractivity (Wildman–Crippen MR) is 96.4 cm³/mol. The monoisotopic (exact) mass is 304 g/mol. The van der Waals surface area contributed by atoms with Crippen LogP contribution in [-0.2, 0) is 12.8 Å². The molecule has 1 heterocycles. The zero-order valence-electron chi connectivity index (χ0n) is 14.3. The minimum Gasteiger partial charge on any atom is -0.267 e. The van der Waals surface area contributed by atoms with E-state index < -0.39 is 0 Å². The van der Waals surface area contributed by atoms with Crippen LogP contribution in [0.1, 0.15) is 50.6 Å². The number of aromatic nitrogens is 2. The van der Waals surface area contributed by atoms with Gasteiger partial charge in [0.05, 0.1) is 6.20 Å². The van der Waals surface area contributed by atoms with Crippen LogP contribution in [0.2, 0.25) is 0 Å². The topological polar surface area (TPSA) is 17.8 Å². The summed E-state index contributed by atoms with van der Waals surface area (Å²) in [7, 11) is 0.871. The van der Waals surface area contributed by atoms with Gasteiger partial charge >= 0.3 is 0 Å².